The second-order valence-corrected chi connectivity index (χ2v) is 7.32. The van der Waals surface area contributed by atoms with Crippen LogP contribution in [0.5, 0.6) is 0 Å². The minimum Gasteiger partial charge on any atom is -0.440 e. The van der Waals surface area contributed by atoms with Gasteiger partial charge < -0.3 is 19.4 Å². The van der Waals surface area contributed by atoms with Gasteiger partial charge in [-0.25, -0.2) is 4.98 Å². The summed E-state index contributed by atoms with van der Waals surface area (Å²) in [4.78, 5) is 20.1. The third kappa shape index (κ3) is 4.20. The van der Waals surface area contributed by atoms with E-state index in [4.69, 9.17) is 9.15 Å². The maximum atomic E-state index is 12.4. The Morgan fingerprint density at radius 3 is 2.70 bits per heavy atom. The molecular formula is C20H21N3O3S. The number of amides is 1. The summed E-state index contributed by atoms with van der Waals surface area (Å²) < 4.78 is 11.1. The molecule has 7 heteroatoms. The quantitative estimate of drug-likeness (QED) is 0.727. The standard InChI is InChI=1S/C20H21N3O3S/c1-14-17(22-20(26-14)18-3-2-12-27-18)13-19(24)21-15-4-6-16(7-5-15)23-8-10-25-11-9-23/h2-7,12H,8-11,13H2,1H3,(H,21,24). The van der Waals surface area contributed by atoms with Crippen molar-refractivity contribution in [3.63, 3.8) is 0 Å². The maximum Gasteiger partial charge on any atom is 0.236 e. The normalized spacial score (nSPS) is 14.3. The molecule has 0 atom stereocenters. The van der Waals surface area contributed by atoms with Gasteiger partial charge in [-0.1, -0.05) is 6.07 Å². The highest BCUT2D eigenvalue weighted by Gasteiger charge is 2.16. The molecule has 0 radical (unpaired) electrons. The van der Waals surface area contributed by atoms with Crippen molar-refractivity contribution < 1.29 is 13.9 Å². The molecule has 1 aliphatic heterocycles. The van der Waals surface area contributed by atoms with E-state index in [-0.39, 0.29) is 12.3 Å². The summed E-state index contributed by atoms with van der Waals surface area (Å²) in [5.74, 6) is 1.14. The molecular weight excluding hydrogens is 362 g/mol. The van der Waals surface area contributed by atoms with Crippen molar-refractivity contribution in [1.29, 1.82) is 0 Å². The van der Waals surface area contributed by atoms with Crippen LogP contribution in [-0.2, 0) is 16.0 Å². The molecule has 0 aliphatic carbocycles. The van der Waals surface area contributed by atoms with E-state index >= 15 is 0 Å². The van der Waals surface area contributed by atoms with Gasteiger partial charge in [-0.05, 0) is 42.6 Å². The van der Waals surface area contributed by atoms with Gasteiger partial charge in [0.1, 0.15) is 5.76 Å². The number of hydrogen-bond acceptors (Lipinski definition) is 6. The van der Waals surface area contributed by atoms with E-state index in [1.54, 1.807) is 11.3 Å². The second-order valence-electron chi connectivity index (χ2n) is 6.37. The molecule has 27 heavy (non-hydrogen) atoms. The Morgan fingerprint density at radius 2 is 2.00 bits per heavy atom. The zero-order chi connectivity index (χ0) is 18.6. The molecule has 1 amide bonds. The van der Waals surface area contributed by atoms with Crippen molar-refractivity contribution in [1.82, 2.24) is 4.98 Å². The topological polar surface area (TPSA) is 67.6 Å². The molecule has 2 aromatic heterocycles. The van der Waals surface area contributed by atoms with Crippen molar-refractivity contribution in [2.24, 2.45) is 0 Å². The van der Waals surface area contributed by atoms with Crippen LogP contribution < -0.4 is 10.2 Å². The minimum atomic E-state index is -0.108. The molecule has 1 saturated heterocycles. The molecule has 4 rings (SSSR count). The summed E-state index contributed by atoms with van der Waals surface area (Å²) in [5.41, 5.74) is 2.58. The summed E-state index contributed by atoms with van der Waals surface area (Å²) >= 11 is 1.56. The van der Waals surface area contributed by atoms with E-state index in [0.29, 0.717) is 17.3 Å². The number of thiophene rings is 1. The number of carbonyl (C=O) groups excluding carboxylic acids is 1. The summed E-state index contributed by atoms with van der Waals surface area (Å²) in [6, 6.07) is 11.8. The van der Waals surface area contributed by atoms with E-state index in [0.717, 1.165) is 42.6 Å². The highest BCUT2D eigenvalue weighted by Crippen LogP contribution is 2.26. The van der Waals surface area contributed by atoms with E-state index in [9.17, 15) is 4.79 Å². The number of aryl methyl sites for hydroxylation is 1. The first kappa shape index (κ1) is 17.8. The van der Waals surface area contributed by atoms with Crippen LogP contribution in [0.2, 0.25) is 0 Å². The molecule has 0 unspecified atom stereocenters. The Bertz CT molecular complexity index is 897. The lowest BCUT2D eigenvalue weighted by Crippen LogP contribution is -2.36. The first-order valence-corrected chi connectivity index (χ1v) is 9.80. The van der Waals surface area contributed by atoms with Crippen LogP contribution in [0.4, 0.5) is 11.4 Å². The molecule has 140 valence electrons. The number of oxazole rings is 1. The summed E-state index contributed by atoms with van der Waals surface area (Å²) in [6.45, 7) is 5.13. The van der Waals surface area contributed by atoms with Gasteiger partial charge in [0, 0.05) is 24.5 Å². The molecule has 0 saturated carbocycles. The third-order valence-corrected chi connectivity index (χ3v) is 5.34. The van der Waals surface area contributed by atoms with Crippen LogP contribution in [0.3, 0.4) is 0 Å². The van der Waals surface area contributed by atoms with Crippen LogP contribution >= 0.6 is 11.3 Å². The van der Waals surface area contributed by atoms with E-state index in [1.807, 2.05) is 48.7 Å². The van der Waals surface area contributed by atoms with Crippen molar-refractivity contribution in [2.45, 2.75) is 13.3 Å². The fourth-order valence-corrected chi connectivity index (χ4v) is 3.68. The molecule has 1 aliphatic rings. The fourth-order valence-electron chi connectivity index (χ4n) is 3.03. The maximum absolute atomic E-state index is 12.4. The summed E-state index contributed by atoms with van der Waals surface area (Å²) in [5, 5.41) is 4.90. The number of morpholine rings is 1. The molecule has 0 spiro atoms. The largest absolute Gasteiger partial charge is 0.440 e. The Kier molecular flexibility index (Phi) is 5.22. The SMILES string of the molecule is Cc1oc(-c2cccs2)nc1CC(=O)Nc1ccc(N2CCOCC2)cc1. The first-order chi connectivity index (χ1) is 13.2. The number of ether oxygens (including phenoxy) is 1. The highest BCUT2D eigenvalue weighted by molar-refractivity contribution is 7.13. The van der Waals surface area contributed by atoms with Gasteiger partial charge in [0.25, 0.3) is 0 Å². The Labute approximate surface area is 161 Å². The number of anilines is 2. The van der Waals surface area contributed by atoms with Crippen LogP contribution in [0.1, 0.15) is 11.5 Å². The van der Waals surface area contributed by atoms with Crippen molar-refractivity contribution in [2.75, 3.05) is 36.5 Å². The lowest BCUT2D eigenvalue weighted by atomic mass is 10.2. The van der Waals surface area contributed by atoms with Crippen molar-refractivity contribution >= 4 is 28.6 Å². The van der Waals surface area contributed by atoms with Crippen molar-refractivity contribution in [3.05, 3.63) is 53.2 Å². The zero-order valence-corrected chi connectivity index (χ0v) is 15.9. The lowest BCUT2D eigenvalue weighted by Gasteiger charge is -2.28. The molecule has 3 heterocycles. The third-order valence-electron chi connectivity index (χ3n) is 4.48. The van der Waals surface area contributed by atoms with Gasteiger partial charge in [-0.15, -0.1) is 11.3 Å². The number of aromatic nitrogens is 1. The number of rotatable bonds is 5. The monoisotopic (exact) mass is 383 g/mol. The predicted octanol–water partition coefficient (Wildman–Crippen LogP) is 3.73. The van der Waals surface area contributed by atoms with Gasteiger partial charge >= 0.3 is 0 Å². The Hall–Kier alpha value is -2.64. The Morgan fingerprint density at radius 1 is 1.22 bits per heavy atom. The Balaban J connectivity index is 1.38. The molecule has 6 nitrogen and oxygen atoms in total. The van der Waals surface area contributed by atoms with Crippen LogP contribution in [0, 0.1) is 6.92 Å². The zero-order valence-electron chi connectivity index (χ0n) is 15.1. The predicted molar refractivity (Wildman–Crippen MR) is 106 cm³/mol. The molecule has 3 aromatic rings. The van der Waals surface area contributed by atoms with Crippen LogP contribution in [-0.4, -0.2) is 37.2 Å². The van der Waals surface area contributed by atoms with Crippen LogP contribution in [0.25, 0.3) is 10.8 Å². The first-order valence-electron chi connectivity index (χ1n) is 8.92. The van der Waals surface area contributed by atoms with Crippen LogP contribution in [0.15, 0.2) is 46.2 Å². The van der Waals surface area contributed by atoms with Gasteiger partial charge in [0.2, 0.25) is 11.8 Å². The number of hydrogen-bond donors (Lipinski definition) is 1. The molecule has 0 bridgehead atoms. The number of benzene rings is 1. The fraction of sp³-hybridized carbons (Fsp3) is 0.300. The number of nitrogens with one attached hydrogen (secondary N) is 1. The second kappa shape index (κ2) is 7.94. The van der Waals surface area contributed by atoms with Gasteiger partial charge in [-0.2, -0.15) is 0 Å². The van der Waals surface area contributed by atoms with E-state index in [2.05, 4.69) is 15.2 Å². The summed E-state index contributed by atoms with van der Waals surface area (Å²) in [6.07, 6.45) is 0.186. The molecule has 1 fully saturated rings. The molecule has 1 N–H and O–H groups in total. The van der Waals surface area contributed by atoms with Gasteiger partial charge in [0.15, 0.2) is 0 Å². The summed E-state index contributed by atoms with van der Waals surface area (Å²) in [7, 11) is 0. The van der Waals surface area contributed by atoms with E-state index < -0.39 is 0 Å². The number of carbonyl (C=O) groups is 1. The van der Waals surface area contributed by atoms with E-state index in [1.165, 1.54) is 0 Å². The average Bonchev–Trinajstić information content (AvgIpc) is 3.33. The van der Waals surface area contributed by atoms with Gasteiger partial charge in [0.05, 0.1) is 30.2 Å². The minimum absolute atomic E-state index is 0.108. The highest BCUT2D eigenvalue weighted by atomic mass is 32.1. The van der Waals surface area contributed by atoms with Crippen molar-refractivity contribution in [3.8, 4) is 10.8 Å². The average molecular weight is 383 g/mol. The van der Waals surface area contributed by atoms with Gasteiger partial charge in [-0.3, -0.25) is 4.79 Å². The molecule has 1 aromatic carbocycles. The number of nitrogens with zero attached hydrogens (tertiary/aromatic N) is 2. The smallest absolute Gasteiger partial charge is 0.236 e. The lowest BCUT2D eigenvalue weighted by molar-refractivity contribution is -0.115.